The zero-order chi connectivity index (χ0) is 20.9. The molecule has 1 heterocycles. The number of rotatable bonds is 12. The van der Waals surface area contributed by atoms with Gasteiger partial charge in [0.15, 0.2) is 5.96 Å². The van der Waals surface area contributed by atoms with Gasteiger partial charge in [-0.3, -0.25) is 4.99 Å². The topological polar surface area (TPSA) is 61.4 Å². The second-order valence-corrected chi connectivity index (χ2v) is 7.60. The average Bonchev–Trinajstić information content (AvgIpc) is 3.21. The van der Waals surface area contributed by atoms with Crippen molar-refractivity contribution in [1.82, 2.24) is 15.5 Å². The number of hydrogen-bond acceptors (Lipinski definition) is 5. The Hall–Kier alpha value is -1.26. The maximum Gasteiger partial charge on any atom is 0.191 e. The Labute approximate surface area is 199 Å². The highest BCUT2D eigenvalue weighted by Crippen LogP contribution is 2.26. The molecule has 0 aliphatic carbocycles. The molecule has 1 atom stereocenters. The Morgan fingerprint density at radius 1 is 1.27 bits per heavy atom. The van der Waals surface area contributed by atoms with Crippen LogP contribution >= 0.6 is 24.0 Å². The molecule has 172 valence electrons. The molecular weight excluding hydrogens is 493 g/mol. The molecular formula is C22H40IN5O2. The quantitative estimate of drug-likeness (QED) is 0.187. The number of nitrogens with one attached hydrogen (secondary N) is 2. The van der Waals surface area contributed by atoms with E-state index in [2.05, 4.69) is 52.6 Å². The Bertz CT molecular complexity index is 617. The minimum atomic E-state index is 0. The molecule has 0 amide bonds. The Morgan fingerprint density at radius 2 is 2.10 bits per heavy atom. The highest BCUT2D eigenvalue weighted by Gasteiger charge is 2.22. The first-order chi connectivity index (χ1) is 14.2. The monoisotopic (exact) mass is 533 g/mol. The van der Waals surface area contributed by atoms with Gasteiger partial charge in [-0.2, -0.15) is 0 Å². The second-order valence-electron chi connectivity index (χ2n) is 7.60. The van der Waals surface area contributed by atoms with Crippen LogP contribution in [0, 0.1) is 5.92 Å². The molecule has 1 aromatic carbocycles. The summed E-state index contributed by atoms with van der Waals surface area (Å²) in [6.45, 7) is 9.67. The number of likely N-dealkylation sites (N-methyl/N-ethyl adjacent to an activating group) is 1. The lowest BCUT2D eigenvalue weighted by atomic mass is 10.1. The fraction of sp³-hybridized carbons (Fsp3) is 0.682. The maximum atomic E-state index is 5.35. The SMILES string of the molecule is CCNC(=NCC1CCN(c2cccc(OC)c2)C1)NCCN(C)CCCOC.I. The third-order valence-corrected chi connectivity index (χ3v) is 5.23. The maximum absolute atomic E-state index is 5.35. The van der Waals surface area contributed by atoms with Gasteiger partial charge in [-0.25, -0.2) is 0 Å². The number of benzene rings is 1. The fourth-order valence-corrected chi connectivity index (χ4v) is 3.54. The molecule has 0 saturated carbocycles. The Balaban J connectivity index is 0.00000450. The number of anilines is 1. The van der Waals surface area contributed by atoms with E-state index in [1.807, 2.05) is 6.07 Å². The minimum Gasteiger partial charge on any atom is -0.497 e. The molecule has 7 nitrogen and oxygen atoms in total. The molecule has 0 aromatic heterocycles. The highest BCUT2D eigenvalue weighted by molar-refractivity contribution is 14.0. The fourth-order valence-electron chi connectivity index (χ4n) is 3.54. The van der Waals surface area contributed by atoms with Crippen molar-refractivity contribution in [2.24, 2.45) is 10.9 Å². The summed E-state index contributed by atoms with van der Waals surface area (Å²) in [5.41, 5.74) is 1.23. The van der Waals surface area contributed by atoms with Gasteiger partial charge in [0, 0.05) is 71.3 Å². The summed E-state index contributed by atoms with van der Waals surface area (Å²) >= 11 is 0. The third kappa shape index (κ3) is 9.70. The van der Waals surface area contributed by atoms with Gasteiger partial charge < -0.3 is 29.9 Å². The smallest absolute Gasteiger partial charge is 0.191 e. The number of guanidine groups is 1. The molecule has 0 radical (unpaired) electrons. The van der Waals surface area contributed by atoms with Crippen LogP contribution in [0.25, 0.3) is 0 Å². The zero-order valence-corrected chi connectivity index (χ0v) is 21.4. The van der Waals surface area contributed by atoms with Gasteiger partial charge in [0.05, 0.1) is 7.11 Å². The average molecular weight is 533 g/mol. The van der Waals surface area contributed by atoms with E-state index >= 15 is 0 Å². The van der Waals surface area contributed by atoms with Crippen molar-refractivity contribution in [2.75, 3.05) is 78.6 Å². The van der Waals surface area contributed by atoms with E-state index in [0.717, 1.165) is 70.6 Å². The van der Waals surface area contributed by atoms with Gasteiger partial charge in [-0.1, -0.05) is 6.07 Å². The molecule has 2 rings (SSSR count). The van der Waals surface area contributed by atoms with Crippen LogP contribution < -0.4 is 20.3 Å². The van der Waals surface area contributed by atoms with Crippen LogP contribution in [0.3, 0.4) is 0 Å². The van der Waals surface area contributed by atoms with Gasteiger partial charge in [0.25, 0.3) is 0 Å². The van der Waals surface area contributed by atoms with Gasteiger partial charge in [-0.05, 0) is 44.9 Å². The van der Waals surface area contributed by atoms with Crippen molar-refractivity contribution in [3.8, 4) is 5.75 Å². The lowest BCUT2D eigenvalue weighted by Gasteiger charge is -2.19. The van der Waals surface area contributed by atoms with Crippen LogP contribution in [-0.4, -0.2) is 84.5 Å². The summed E-state index contributed by atoms with van der Waals surface area (Å²) in [7, 11) is 5.61. The second kappa shape index (κ2) is 15.5. The van der Waals surface area contributed by atoms with Crippen LogP contribution in [0.4, 0.5) is 5.69 Å². The number of ether oxygens (including phenoxy) is 2. The van der Waals surface area contributed by atoms with Crippen LogP contribution in [0.5, 0.6) is 5.75 Å². The molecule has 1 saturated heterocycles. The van der Waals surface area contributed by atoms with E-state index < -0.39 is 0 Å². The van der Waals surface area contributed by atoms with E-state index in [9.17, 15) is 0 Å². The van der Waals surface area contributed by atoms with E-state index in [0.29, 0.717) is 5.92 Å². The van der Waals surface area contributed by atoms with Crippen molar-refractivity contribution < 1.29 is 9.47 Å². The van der Waals surface area contributed by atoms with Gasteiger partial charge in [-0.15, -0.1) is 24.0 Å². The lowest BCUT2D eigenvalue weighted by Crippen LogP contribution is -2.41. The van der Waals surface area contributed by atoms with E-state index in [1.54, 1.807) is 14.2 Å². The van der Waals surface area contributed by atoms with E-state index in [4.69, 9.17) is 14.5 Å². The summed E-state index contributed by atoms with van der Waals surface area (Å²) in [4.78, 5) is 9.58. The van der Waals surface area contributed by atoms with Crippen molar-refractivity contribution in [2.45, 2.75) is 19.8 Å². The highest BCUT2D eigenvalue weighted by atomic mass is 127. The summed E-state index contributed by atoms with van der Waals surface area (Å²) in [5.74, 6) is 2.40. The minimum absolute atomic E-state index is 0. The first-order valence-electron chi connectivity index (χ1n) is 10.7. The first-order valence-corrected chi connectivity index (χ1v) is 10.7. The van der Waals surface area contributed by atoms with Gasteiger partial charge in [0.2, 0.25) is 0 Å². The Morgan fingerprint density at radius 3 is 2.83 bits per heavy atom. The number of aliphatic imine (C=N–C) groups is 1. The van der Waals surface area contributed by atoms with E-state index in [-0.39, 0.29) is 24.0 Å². The number of methoxy groups -OCH3 is 2. The molecule has 0 spiro atoms. The van der Waals surface area contributed by atoms with Crippen LogP contribution in [0.15, 0.2) is 29.3 Å². The normalized spacial score (nSPS) is 16.5. The molecule has 1 fully saturated rings. The van der Waals surface area contributed by atoms with Crippen LogP contribution in [0.2, 0.25) is 0 Å². The summed E-state index contributed by atoms with van der Waals surface area (Å²) in [5, 5.41) is 6.82. The predicted octanol–water partition coefficient (Wildman–Crippen LogP) is 2.66. The van der Waals surface area contributed by atoms with Crippen molar-refractivity contribution >= 4 is 35.6 Å². The van der Waals surface area contributed by atoms with Crippen LogP contribution in [0.1, 0.15) is 19.8 Å². The molecule has 2 N–H and O–H groups in total. The molecule has 1 unspecified atom stereocenters. The summed E-state index contributed by atoms with van der Waals surface area (Å²) in [6, 6.07) is 8.31. The lowest BCUT2D eigenvalue weighted by molar-refractivity contribution is 0.180. The van der Waals surface area contributed by atoms with Gasteiger partial charge >= 0.3 is 0 Å². The number of hydrogen-bond donors (Lipinski definition) is 2. The molecule has 1 aliphatic rings. The van der Waals surface area contributed by atoms with Gasteiger partial charge in [0.1, 0.15) is 5.75 Å². The summed E-state index contributed by atoms with van der Waals surface area (Å²) in [6.07, 6.45) is 2.23. The predicted molar refractivity (Wildman–Crippen MR) is 137 cm³/mol. The van der Waals surface area contributed by atoms with Crippen molar-refractivity contribution in [1.29, 1.82) is 0 Å². The standard InChI is InChI=1S/C22H39N5O2.HI/c1-5-23-22(24-11-14-26(2)12-7-15-28-3)25-17-19-10-13-27(18-19)20-8-6-9-21(16-20)29-4;/h6,8-9,16,19H,5,7,10-15,17-18H2,1-4H3,(H2,23,24,25);1H. The third-order valence-electron chi connectivity index (χ3n) is 5.23. The zero-order valence-electron chi connectivity index (χ0n) is 19.0. The summed E-state index contributed by atoms with van der Waals surface area (Å²) < 4.78 is 10.5. The molecule has 1 aliphatic heterocycles. The van der Waals surface area contributed by atoms with Crippen molar-refractivity contribution in [3.63, 3.8) is 0 Å². The van der Waals surface area contributed by atoms with Crippen LogP contribution in [-0.2, 0) is 4.74 Å². The number of nitrogens with zero attached hydrogens (tertiary/aromatic N) is 3. The molecule has 30 heavy (non-hydrogen) atoms. The van der Waals surface area contributed by atoms with E-state index in [1.165, 1.54) is 12.1 Å². The number of halogens is 1. The molecule has 0 bridgehead atoms. The van der Waals surface area contributed by atoms with Crippen molar-refractivity contribution in [3.05, 3.63) is 24.3 Å². The largest absolute Gasteiger partial charge is 0.497 e. The molecule has 8 heteroatoms. The Kier molecular flexibility index (Phi) is 13.9. The molecule has 1 aromatic rings. The first kappa shape index (κ1) is 26.8.